The van der Waals surface area contributed by atoms with Gasteiger partial charge in [-0.3, -0.25) is 4.79 Å². The number of carbonyl (C=O) groups is 1. The Hall–Kier alpha value is -2.54. The van der Waals surface area contributed by atoms with E-state index in [4.69, 9.17) is 14.2 Å². The lowest BCUT2D eigenvalue weighted by Crippen LogP contribution is -2.17. The molecule has 24 heavy (non-hydrogen) atoms. The quantitative estimate of drug-likeness (QED) is 0.605. The number of nitrogens with zero attached hydrogens (tertiary/aromatic N) is 1. The van der Waals surface area contributed by atoms with Crippen LogP contribution in [0.3, 0.4) is 0 Å². The molecule has 6 nitrogen and oxygen atoms in total. The Balaban J connectivity index is 2.14. The van der Waals surface area contributed by atoms with Crippen molar-refractivity contribution in [3.05, 3.63) is 52.0 Å². The van der Waals surface area contributed by atoms with E-state index in [1.807, 2.05) is 0 Å². The minimum absolute atomic E-state index is 0.300. The van der Waals surface area contributed by atoms with E-state index in [0.29, 0.717) is 28.4 Å². The highest BCUT2D eigenvalue weighted by Gasteiger charge is 2.12. The Labute approximate surface area is 148 Å². The van der Waals surface area contributed by atoms with E-state index in [9.17, 15) is 4.79 Å². The maximum absolute atomic E-state index is 12.0. The highest BCUT2D eigenvalue weighted by molar-refractivity contribution is 9.10. The van der Waals surface area contributed by atoms with Gasteiger partial charge in [0.25, 0.3) is 5.91 Å². The van der Waals surface area contributed by atoms with Gasteiger partial charge in [0.2, 0.25) is 5.75 Å². The number of hydrogen-bond donors (Lipinski definition) is 1. The van der Waals surface area contributed by atoms with Crippen molar-refractivity contribution in [1.29, 1.82) is 0 Å². The van der Waals surface area contributed by atoms with Crippen LogP contribution in [0.25, 0.3) is 0 Å². The van der Waals surface area contributed by atoms with Gasteiger partial charge in [0.05, 0.1) is 27.5 Å². The van der Waals surface area contributed by atoms with Gasteiger partial charge in [-0.15, -0.1) is 0 Å². The summed E-state index contributed by atoms with van der Waals surface area (Å²) >= 11 is 3.32. The van der Waals surface area contributed by atoms with E-state index in [1.165, 1.54) is 27.5 Å². The van der Waals surface area contributed by atoms with Crippen molar-refractivity contribution in [3.8, 4) is 17.2 Å². The molecule has 0 heterocycles. The number of hydrazone groups is 1. The number of carbonyl (C=O) groups excluding carboxylic acids is 1. The fraction of sp³-hybridized carbons (Fsp3) is 0.176. The predicted molar refractivity (Wildman–Crippen MR) is 95.3 cm³/mol. The largest absolute Gasteiger partial charge is 0.493 e. The number of rotatable bonds is 6. The van der Waals surface area contributed by atoms with Gasteiger partial charge in [-0.1, -0.05) is 15.9 Å². The second-order valence-electron chi connectivity index (χ2n) is 4.66. The van der Waals surface area contributed by atoms with Crippen LogP contribution < -0.4 is 19.6 Å². The second-order valence-corrected chi connectivity index (χ2v) is 5.58. The van der Waals surface area contributed by atoms with Crippen molar-refractivity contribution in [3.63, 3.8) is 0 Å². The van der Waals surface area contributed by atoms with Gasteiger partial charge in [0, 0.05) is 15.6 Å². The summed E-state index contributed by atoms with van der Waals surface area (Å²) in [4.78, 5) is 12.0. The lowest BCUT2D eigenvalue weighted by atomic mass is 10.2. The molecule has 126 valence electrons. The first-order valence-electron chi connectivity index (χ1n) is 6.98. The molecule has 0 fully saturated rings. The third-order valence-corrected chi connectivity index (χ3v) is 3.70. The average Bonchev–Trinajstić information content (AvgIpc) is 2.61. The molecule has 0 unspecified atom stereocenters. The van der Waals surface area contributed by atoms with E-state index < -0.39 is 0 Å². The first kappa shape index (κ1) is 17.8. The van der Waals surface area contributed by atoms with Gasteiger partial charge in [0.15, 0.2) is 11.5 Å². The topological polar surface area (TPSA) is 69.2 Å². The molecule has 0 saturated carbocycles. The maximum Gasteiger partial charge on any atom is 0.271 e. The summed E-state index contributed by atoms with van der Waals surface area (Å²) in [7, 11) is 4.60. The van der Waals surface area contributed by atoms with Gasteiger partial charge in [-0.25, -0.2) is 5.43 Å². The molecule has 0 saturated heterocycles. The summed E-state index contributed by atoms with van der Waals surface area (Å²) in [6.45, 7) is 0. The zero-order valence-electron chi connectivity index (χ0n) is 13.5. The fourth-order valence-electron chi connectivity index (χ4n) is 2.01. The Morgan fingerprint density at radius 3 is 2.12 bits per heavy atom. The highest BCUT2D eigenvalue weighted by atomic mass is 79.9. The molecule has 1 N–H and O–H groups in total. The molecular formula is C17H17BrN2O4. The summed E-state index contributed by atoms with van der Waals surface area (Å²) in [5.74, 6) is 1.22. The van der Waals surface area contributed by atoms with Crippen LogP contribution in [0.4, 0.5) is 0 Å². The number of benzene rings is 2. The van der Waals surface area contributed by atoms with Crippen molar-refractivity contribution in [2.75, 3.05) is 21.3 Å². The van der Waals surface area contributed by atoms with Crippen LogP contribution in [0.2, 0.25) is 0 Å². The third-order valence-electron chi connectivity index (χ3n) is 3.17. The summed E-state index contributed by atoms with van der Waals surface area (Å²) in [5.41, 5.74) is 3.68. The average molecular weight is 393 g/mol. The molecule has 0 aromatic heterocycles. The van der Waals surface area contributed by atoms with Crippen molar-refractivity contribution >= 4 is 28.1 Å². The molecule has 0 aliphatic heterocycles. The first-order chi connectivity index (χ1) is 11.6. The first-order valence-corrected chi connectivity index (χ1v) is 7.77. The Morgan fingerprint density at radius 1 is 1.04 bits per heavy atom. The molecule has 2 aromatic rings. The summed E-state index contributed by atoms with van der Waals surface area (Å²) in [5, 5.41) is 3.96. The standard InChI is InChI=1S/C17H17BrN2O4/c1-22-14-8-11(9-15(23-2)16(14)24-3)10-19-20-17(21)12-4-6-13(18)7-5-12/h4-10H,1-3H3,(H,20,21). The number of nitrogens with one attached hydrogen (secondary N) is 1. The Kier molecular flexibility index (Phi) is 6.20. The normalized spacial score (nSPS) is 10.5. The molecule has 1 amide bonds. The van der Waals surface area contributed by atoms with E-state index >= 15 is 0 Å². The zero-order valence-corrected chi connectivity index (χ0v) is 15.1. The van der Waals surface area contributed by atoms with Gasteiger partial charge >= 0.3 is 0 Å². The molecule has 0 spiro atoms. The molecule has 2 rings (SSSR count). The zero-order chi connectivity index (χ0) is 17.5. The van der Waals surface area contributed by atoms with Gasteiger partial charge < -0.3 is 14.2 Å². The van der Waals surface area contributed by atoms with E-state index in [2.05, 4.69) is 26.5 Å². The number of ether oxygens (including phenoxy) is 3. The minimum atomic E-state index is -0.300. The summed E-state index contributed by atoms with van der Waals surface area (Å²) in [6.07, 6.45) is 1.50. The smallest absolute Gasteiger partial charge is 0.271 e. The van der Waals surface area contributed by atoms with Gasteiger partial charge in [-0.05, 0) is 36.4 Å². The molecule has 0 bridgehead atoms. The second kappa shape index (κ2) is 8.35. The van der Waals surface area contributed by atoms with E-state index in [1.54, 1.807) is 36.4 Å². The number of methoxy groups -OCH3 is 3. The summed E-state index contributed by atoms with van der Waals surface area (Å²) < 4.78 is 16.7. The molecular weight excluding hydrogens is 376 g/mol. The van der Waals surface area contributed by atoms with Crippen molar-refractivity contribution < 1.29 is 19.0 Å². The van der Waals surface area contributed by atoms with E-state index in [0.717, 1.165) is 4.47 Å². The Morgan fingerprint density at radius 2 is 1.62 bits per heavy atom. The predicted octanol–water partition coefficient (Wildman–Crippen LogP) is 3.24. The molecule has 0 aliphatic rings. The maximum atomic E-state index is 12.0. The van der Waals surface area contributed by atoms with Gasteiger partial charge in [-0.2, -0.15) is 5.10 Å². The van der Waals surface area contributed by atoms with Crippen molar-refractivity contribution in [2.24, 2.45) is 5.10 Å². The minimum Gasteiger partial charge on any atom is -0.493 e. The van der Waals surface area contributed by atoms with Gasteiger partial charge in [0.1, 0.15) is 0 Å². The fourth-order valence-corrected chi connectivity index (χ4v) is 2.27. The van der Waals surface area contributed by atoms with Crippen LogP contribution in [-0.4, -0.2) is 33.5 Å². The number of halogens is 1. The molecule has 0 aliphatic carbocycles. The summed E-state index contributed by atoms with van der Waals surface area (Å²) in [6, 6.07) is 10.5. The third kappa shape index (κ3) is 4.26. The van der Waals surface area contributed by atoms with Crippen molar-refractivity contribution in [2.45, 2.75) is 0 Å². The molecule has 2 aromatic carbocycles. The van der Waals surface area contributed by atoms with E-state index in [-0.39, 0.29) is 5.91 Å². The van der Waals surface area contributed by atoms with Crippen LogP contribution in [-0.2, 0) is 0 Å². The highest BCUT2D eigenvalue weighted by Crippen LogP contribution is 2.37. The lowest BCUT2D eigenvalue weighted by Gasteiger charge is -2.12. The molecule has 0 radical (unpaired) electrons. The molecule has 0 atom stereocenters. The SMILES string of the molecule is COc1cc(C=NNC(=O)c2ccc(Br)cc2)cc(OC)c1OC. The number of amides is 1. The van der Waals surface area contributed by atoms with Crippen LogP contribution >= 0.6 is 15.9 Å². The number of hydrogen-bond acceptors (Lipinski definition) is 5. The van der Waals surface area contributed by atoms with Crippen LogP contribution in [0, 0.1) is 0 Å². The van der Waals surface area contributed by atoms with Crippen LogP contribution in [0.1, 0.15) is 15.9 Å². The van der Waals surface area contributed by atoms with Crippen LogP contribution in [0.15, 0.2) is 46.0 Å². The monoisotopic (exact) mass is 392 g/mol. The van der Waals surface area contributed by atoms with Crippen LogP contribution in [0.5, 0.6) is 17.2 Å². The Bertz CT molecular complexity index is 720. The van der Waals surface area contributed by atoms with Crippen molar-refractivity contribution in [1.82, 2.24) is 5.43 Å². The molecule has 7 heteroatoms. The lowest BCUT2D eigenvalue weighted by molar-refractivity contribution is 0.0955.